The lowest BCUT2D eigenvalue weighted by Gasteiger charge is -2.14. The Morgan fingerprint density at radius 2 is 1.28 bits per heavy atom. The van der Waals surface area contributed by atoms with E-state index in [1.54, 1.807) is 0 Å². The Morgan fingerprint density at radius 1 is 0.600 bits per heavy atom. The van der Waals surface area contributed by atoms with E-state index in [2.05, 4.69) is 78.9 Å². The molecule has 4 aromatic rings. The van der Waals surface area contributed by atoms with E-state index in [4.69, 9.17) is 0 Å². The maximum Gasteiger partial charge on any atom is 0.0670 e. The van der Waals surface area contributed by atoms with Gasteiger partial charge in [0, 0.05) is 0 Å². The van der Waals surface area contributed by atoms with E-state index in [1.165, 1.54) is 10.8 Å². The molecule has 0 bridgehead atoms. The fourth-order valence-corrected chi connectivity index (χ4v) is 3.37. The van der Waals surface area contributed by atoms with Crippen LogP contribution in [-0.2, 0) is 6.42 Å². The van der Waals surface area contributed by atoms with Gasteiger partial charge in [0.1, 0.15) is 0 Å². The number of hydrogen-bond donors (Lipinski definition) is 0. The first-order valence-corrected chi connectivity index (χ1v) is 8.40. The zero-order chi connectivity index (χ0) is 17.1. The predicted octanol–water partition coefficient (Wildman–Crippen LogP) is 6.24. The van der Waals surface area contributed by atoms with Gasteiger partial charge >= 0.3 is 0 Å². The molecule has 0 spiro atoms. The van der Waals surface area contributed by atoms with Gasteiger partial charge in [0.15, 0.2) is 0 Å². The predicted molar refractivity (Wildman–Crippen MR) is 104 cm³/mol. The summed E-state index contributed by atoms with van der Waals surface area (Å²) in [5, 5.41) is 11.8. The SMILES string of the molecule is N#CCc1c(-c2ccccc2)cccc1-c1ccc2ccccc2c1. The summed E-state index contributed by atoms with van der Waals surface area (Å²) in [4.78, 5) is 0. The monoisotopic (exact) mass is 319 g/mol. The summed E-state index contributed by atoms with van der Waals surface area (Å²) in [5.41, 5.74) is 5.66. The molecular formula is C24H17N. The Hall–Kier alpha value is -3.37. The molecule has 0 aliphatic heterocycles. The van der Waals surface area contributed by atoms with Crippen LogP contribution < -0.4 is 0 Å². The lowest BCUT2D eigenvalue weighted by atomic mass is 9.89. The van der Waals surface area contributed by atoms with Crippen molar-refractivity contribution in [1.29, 1.82) is 5.26 Å². The quantitative estimate of drug-likeness (QED) is 0.438. The minimum atomic E-state index is 0.396. The third-order valence-corrected chi connectivity index (χ3v) is 4.58. The van der Waals surface area contributed by atoms with Crippen molar-refractivity contribution in [2.24, 2.45) is 0 Å². The van der Waals surface area contributed by atoms with Gasteiger partial charge < -0.3 is 0 Å². The van der Waals surface area contributed by atoms with Crippen LogP contribution in [0.2, 0.25) is 0 Å². The average Bonchev–Trinajstić information content (AvgIpc) is 2.69. The summed E-state index contributed by atoms with van der Waals surface area (Å²) in [7, 11) is 0. The molecule has 0 saturated heterocycles. The highest BCUT2D eigenvalue weighted by Crippen LogP contribution is 2.34. The first kappa shape index (κ1) is 15.2. The zero-order valence-electron chi connectivity index (χ0n) is 13.8. The minimum Gasteiger partial charge on any atom is -0.198 e. The molecule has 118 valence electrons. The first-order valence-electron chi connectivity index (χ1n) is 8.40. The number of fused-ring (bicyclic) bond motifs is 1. The summed E-state index contributed by atoms with van der Waals surface area (Å²) >= 11 is 0. The summed E-state index contributed by atoms with van der Waals surface area (Å²) in [6.45, 7) is 0. The molecule has 4 aromatic carbocycles. The Kier molecular flexibility index (Phi) is 4.02. The number of nitrogens with zero attached hydrogens (tertiary/aromatic N) is 1. The van der Waals surface area contributed by atoms with E-state index in [0.717, 1.165) is 27.8 Å². The lowest BCUT2D eigenvalue weighted by molar-refractivity contribution is 1.26. The van der Waals surface area contributed by atoms with Crippen molar-refractivity contribution in [2.45, 2.75) is 6.42 Å². The first-order chi connectivity index (χ1) is 12.4. The molecule has 0 aromatic heterocycles. The second kappa shape index (κ2) is 6.63. The van der Waals surface area contributed by atoms with E-state index in [9.17, 15) is 5.26 Å². The van der Waals surface area contributed by atoms with E-state index in [-0.39, 0.29) is 0 Å². The van der Waals surface area contributed by atoms with Crippen LogP contribution in [0.15, 0.2) is 91.0 Å². The number of hydrogen-bond acceptors (Lipinski definition) is 1. The van der Waals surface area contributed by atoms with Gasteiger partial charge in [-0.15, -0.1) is 0 Å². The molecule has 0 fully saturated rings. The van der Waals surface area contributed by atoms with Crippen LogP contribution in [0, 0.1) is 11.3 Å². The normalized spacial score (nSPS) is 10.5. The van der Waals surface area contributed by atoms with Gasteiger partial charge in [-0.1, -0.05) is 84.9 Å². The van der Waals surface area contributed by atoms with Crippen LogP contribution in [0.1, 0.15) is 5.56 Å². The highest BCUT2D eigenvalue weighted by Gasteiger charge is 2.12. The smallest absolute Gasteiger partial charge is 0.0670 e. The standard InChI is InChI=1S/C24H17N/c25-16-15-24-22(19-8-2-1-3-9-19)11-6-12-23(24)21-14-13-18-7-4-5-10-20(18)17-21/h1-14,17H,15H2. The topological polar surface area (TPSA) is 23.8 Å². The minimum absolute atomic E-state index is 0.396. The Bertz CT molecular complexity index is 1070. The van der Waals surface area contributed by atoms with Crippen molar-refractivity contribution in [1.82, 2.24) is 0 Å². The Morgan fingerprint density at radius 3 is 2.04 bits per heavy atom. The van der Waals surface area contributed by atoms with Crippen LogP contribution in [0.25, 0.3) is 33.0 Å². The van der Waals surface area contributed by atoms with Crippen LogP contribution in [-0.4, -0.2) is 0 Å². The van der Waals surface area contributed by atoms with E-state index in [0.29, 0.717) is 6.42 Å². The highest BCUT2D eigenvalue weighted by atomic mass is 14.2. The number of nitriles is 1. The lowest BCUT2D eigenvalue weighted by Crippen LogP contribution is -1.93. The van der Waals surface area contributed by atoms with Gasteiger partial charge in [-0.25, -0.2) is 0 Å². The van der Waals surface area contributed by atoms with Crippen molar-refractivity contribution < 1.29 is 0 Å². The third-order valence-electron chi connectivity index (χ3n) is 4.58. The van der Waals surface area contributed by atoms with Crippen molar-refractivity contribution in [3.05, 3.63) is 96.6 Å². The molecule has 0 aliphatic rings. The highest BCUT2D eigenvalue weighted by molar-refractivity contribution is 5.89. The van der Waals surface area contributed by atoms with Gasteiger partial charge in [0.05, 0.1) is 12.5 Å². The van der Waals surface area contributed by atoms with Crippen LogP contribution in [0.5, 0.6) is 0 Å². The van der Waals surface area contributed by atoms with Crippen molar-refractivity contribution in [2.75, 3.05) is 0 Å². The molecule has 0 aliphatic carbocycles. The second-order valence-electron chi connectivity index (χ2n) is 6.09. The van der Waals surface area contributed by atoms with E-state index in [1.807, 2.05) is 18.2 Å². The summed E-state index contributed by atoms with van der Waals surface area (Å²) in [5.74, 6) is 0. The molecule has 4 rings (SSSR count). The third kappa shape index (κ3) is 2.91. The van der Waals surface area contributed by atoms with Gasteiger partial charge in [-0.2, -0.15) is 5.26 Å². The molecule has 0 unspecified atom stereocenters. The van der Waals surface area contributed by atoms with Crippen LogP contribution in [0.4, 0.5) is 0 Å². The molecule has 1 heteroatoms. The van der Waals surface area contributed by atoms with Crippen LogP contribution in [0.3, 0.4) is 0 Å². The summed E-state index contributed by atoms with van der Waals surface area (Å²) in [6.07, 6.45) is 0.396. The molecule has 0 atom stereocenters. The molecule has 25 heavy (non-hydrogen) atoms. The number of rotatable bonds is 3. The molecule has 0 heterocycles. The molecular weight excluding hydrogens is 302 g/mol. The van der Waals surface area contributed by atoms with Crippen molar-refractivity contribution >= 4 is 10.8 Å². The molecule has 0 saturated carbocycles. The van der Waals surface area contributed by atoms with E-state index < -0.39 is 0 Å². The van der Waals surface area contributed by atoms with Gasteiger partial charge in [-0.3, -0.25) is 0 Å². The molecule has 1 nitrogen and oxygen atoms in total. The molecule has 0 radical (unpaired) electrons. The van der Waals surface area contributed by atoms with Gasteiger partial charge in [0.25, 0.3) is 0 Å². The molecule has 0 N–H and O–H groups in total. The van der Waals surface area contributed by atoms with Crippen molar-refractivity contribution in [3.63, 3.8) is 0 Å². The van der Waals surface area contributed by atoms with Crippen molar-refractivity contribution in [3.8, 4) is 28.3 Å². The number of benzene rings is 4. The molecule has 0 amide bonds. The summed E-state index contributed by atoms with van der Waals surface area (Å²) in [6, 6.07) is 33.8. The average molecular weight is 319 g/mol. The van der Waals surface area contributed by atoms with Crippen LogP contribution >= 0.6 is 0 Å². The second-order valence-corrected chi connectivity index (χ2v) is 6.09. The fraction of sp³-hybridized carbons (Fsp3) is 0.0417. The van der Waals surface area contributed by atoms with Gasteiger partial charge in [0.2, 0.25) is 0 Å². The maximum absolute atomic E-state index is 9.38. The fourth-order valence-electron chi connectivity index (χ4n) is 3.37. The Labute approximate surface area is 147 Å². The van der Waals surface area contributed by atoms with E-state index >= 15 is 0 Å². The zero-order valence-corrected chi connectivity index (χ0v) is 13.8. The van der Waals surface area contributed by atoms with Gasteiger partial charge in [-0.05, 0) is 44.7 Å². The largest absolute Gasteiger partial charge is 0.198 e. The Balaban J connectivity index is 1.93. The maximum atomic E-state index is 9.38. The summed E-state index contributed by atoms with van der Waals surface area (Å²) < 4.78 is 0.